The number of carbonyl (C=O) groups excluding carboxylic acids is 1. The number of aromatic nitrogens is 1. The highest BCUT2D eigenvalue weighted by Crippen LogP contribution is 2.10. The molecule has 4 N–H and O–H groups in total. The molecule has 5 nitrogen and oxygen atoms in total. The standard InChI is InChI=1S/C12H19N3O2/c1-12(2,3)17-11(16)10(14)7-9-6-8(13)4-5-15-9/h4-6,10H,7,14H2,1-3H3,(H2,13,15). The van der Waals surface area contributed by atoms with Crippen LogP contribution >= 0.6 is 0 Å². The molecule has 0 aliphatic heterocycles. The summed E-state index contributed by atoms with van der Waals surface area (Å²) in [6, 6.07) is 2.66. The normalized spacial score (nSPS) is 13.2. The second-order valence-electron chi connectivity index (χ2n) is 4.92. The Morgan fingerprint density at radius 1 is 1.53 bits per heavy atom. The summed E-state index contributed by atoms with van der Waals surface area (Å²) in [6.07, 6.45) is 1.91. The van der Waals surface area contributed by atoms with Crippen LogP contribution in [0.1, 0.15) is 26.5 Å². The van der Waals surface area contributed by atoms with Gasteiger partial charge in [0.2, 0.25) is 0 Å². The van der Waals surface area contributed by atoms with E-state index in [4.69, 9.17) is 16.2 Å². The molecular formula is C12H19N3O2. The second-order valence-corrected chi connectivity index (χ2v) is 4.92. The monoisotopic (exact) mass is 237 g/mol. The summed E-state index contributed by atoms with van der Waals surface area (Å²) in [4.78, 5) is 15.7. The van der Waals surface area contributed by atoms with E-state index in [2.05, 4.69) is 4.98 Å². The Balaban J connectivity index is 2.60. The van der Waals surface area contributed by atoms with E-state index >= 15 is 0 Å². The van der Waals surface area contributed by atoms with E-state index in [1.54, 1.807) is 39.1 Å². The van der Waals surface area contributed by atoms with Crippen molar-refractivity contribution in [2.24, 2.45) is 5.73 Å². The first kappa shape index (κ1) is 13.4. The highest BCUT2D eigenvalue weighted by Gasteiger charge is 2.22. The second kappa shape index (κ2) is 5.14. The Labute approximate surface area is 101 Å². The molecule has 1 heterocycles. The molecule has 1 unspecified atom stereocenters. The molecule has 0 aromatic carbocycles. The number of nitrogens with zero attached hydrogens (tertiary/aromatic N) is 1. The third-order valence-electron chi connectivity index (χ3n) is 1.98. The van der Waals surface area contributed by atoms with E-state index in [9.17, 15) is 4.79 Å². The lowest BCUT2D eigenvalue weighted by atomic mass is 10.1. The van der Waals surface area contributed by atoms with Crippen molar-refractivity contribution in [3.63, 3.8) is 0 Å². The van der Waals surface area contributed by atoms with Gasteiger partial charge in [-0.2, -0.15) is 0 Å². The molecule has 17 heavy (non-hydrogen) atoms. The average molecular weight is 237 g/mol. The molecule has 0 aliphatic rings. The van der Waals surface area contributed by atoms with Crippen LogP contribution in [0.15, 0.2) is 18.3 Å². The maximum Gasteiger partial charge on any atom is 0.323 e. The van der Waals surface area contributed by atoms with Gasteiger partial charge in [0.1, 0.15) is 11.6 Å². The molecule has 5 heteroatoms. The molecule has 0 amide bonds. The average Bonchev–Trinajstić information content (AvgIpc) is 2.14. The number of anilines is 1. The number of nitrogen functional groups attached to an aromatic ring is 1. The van der Waals surface area contributed by atoms with Gasteiger partial charge in [-0.3, -0.25) is 9.78 Å². The van der Waals surface area contributed by atoms with Crippen LogP contribution in [-0.4, -0.2) is 22.6 Å². The molecule has 1 rings (SSSR count). The first-order valence-corrected chi connectivity index (χ1v) is 5.47. The van der Waals surface area contributed by atoms with Gasteiger partial charge in [0.05, 0.1) is 0 Å². The lowest BCUT2D eigenvalue weighted by Gasteiger charge is -2.22. The molecule has 94 valence electrons. The molecule has 0 aliphatic carbocycles. The molecule has 0 radical (unpaired) electrons. The number of nitrogens with two attached hydrogens (primary N) is 2. The van der Waals surface area contributed by atoms with Crippen molar-refractivity contribution in [2.75, 3.05) is 5.73 Å². The number of pyridine rings is 1. The van der Waals surface area contributed by atoms with E-state index in [1.807, 2.05) is 0 Å². The zero-order chi connectivity index (χ0) is 13.1. The molecule has 1 atom stereocenters. The van der Waals surface area contributed by atoms with Gasteiger partial charge in [-0.25, -0.2) is 0 Å². The van der Waals surface area contributed by atoms with Gasteiger partial charge in [0.25, 0.3) is 0 Å². The van der Waals surface area contributed by atoms with E-state index in [0.717, 1.165) is 0 Å². The predicted molar refractivity (Wildman–Crippen MR) is 66.2 cm³/mol. The van der Waals surface area contributed by atoms with Crippen molar-refractivity contribution < 1.29 is 9.53 Å². The smallest absolute Gasteiger partial charge is 0.323 e. The highest BCUT2D eigenvalue weighted by atomic mass is 16.6. The van der Waals surface area contributed by atoms with Crippen molar-refractivity contribution in [1.29, 1.82) is 0 Å². The maximum atomic E-state index is 11.6. The summed E-state index contributed by atoms with van der Waals surface area (Å²) >= 11 is 0. The minimum absolute atomic E-state index is 0.319. The van der Waals surface area contributed by atoms with Gasteiger partial charge in [0, 0.05) is 24.0 Å². The van der Waals surface area contributed by atoms with E-state index < -0.39 is 17.6 Å². The van der Waals surface area contributed by atoms with Gasteiger partial charge < -0.3 is 16.2 Å². The van der Waals surface area contributed by atoms with Gasteiger partial charge in [-0.05, 0) is 32.9 Å². The van der Waals surface area contributed by atoms with Gasteiger partial charge in [-0.1, -0.05) is 0 Å². The summed E-state index contributed by atoms with van der Waals surface area (Å²) < 4.78 is 5.18. The van der Waals surface area contributed by atoms with E-state index in [0.29, 0.717) is 17.8 Å². The Bertz CT molecular complexity index is 399. The first-order valence-electron chi connectivity index (χ1n) is 5.47. The third kappa shape index (κ3) is 4.82. The topological polar surface area (TPSA) is 91.2 Å². The number of carbonyl (C=O) groups is 1. The number of esters is 1. The van der Waals surface area contributed by atoms with Gasteiger partial charge >= 0.3 is 5.97 Å². The van der Waals surface area contributed by atoms with Crippen LogP contribution in [0.3, 0.4) is 0 Å². The SMILES string of the molecule is CC(C)(C)OC(=O)C(N)Cc1cc(N)ccn1. The lowest BCUT2D eigenvalue weighted by Crippen LogP contribution is -2.39. The Kier molecular flexibility index (Phi) is 4.07. The van der Waals surface area contributed by atoms with E-state index in [1.165, 1.54) is 0 Å². The van der Waals surface area contributed by atoms with Crippen molar-refractivity contribution in [1.82, 2.24) is 4.98 Å². The van der Waals surface area contributed by atoms with Crippen LogP contribution < -0.4 is 11.5 Å². The Morgan fingerprint density at radius 2 is 2.18 bits per heavy atom. The number of hydrogen-bond acceptors (Lipinski definition) is 5. The fourth-order valence-corrected chi connectivity index (χ4v) is 1.29. The van der Waals surface area contributed by atoms with Crippen LogP contribution in [0.25, 0.3) is 0 Å². The van der Waals surface area contributed by atoms with Crippen molar-refractivity contribution in [3.8, 4) is 0 Å². The molecule has 1 aromatic rings. The first-order chi connectivity index (χ1) is 7.78. The summed E-state index contributed by atoms with van der Waals surface area (Å²) in [5.41, 5.74) is 12.1. The minimum Gasteiger partial charge on any atom is -0.459 e. The Morgan fingerprint density at radius 3 is 2.71 bits per heavy atom. The summed E-state index contributed by atoms with van der Waals surface area (Å²) in [5, 5.41) is 0. The van der Waals surface area contributed by atoms with Crippen LogP contribution in [0, 0.1) is 0 Å². The number of hydrogen-bond donors (Lipinski definition) is 2. The number of ether oxygens (including phenoxy) is 1. The fraction of sp³-hybridized carbons (Fsp3) is 0.500. The predicted octanol–water partition coefficient (Wildman–Crippen LogP) is 0.875. The van der Waals surface area contributed by atoms with Crippen molar-refractivity contribution in [3.05, 3.63) is 24.0 Å². The molecule has 0 saturated heterocycles. The Hall–Kier alpha value is -1.62. The molecule has 0 saturated carbocycles. The molecule has 0 bridgehead atoms. The summed E-state index contributed by atoms with van der Waals surface area (Å²) in [7, 11) is 0. The quantitative estimate of drug-likeness (QED) is 0.761. The highest BCUT2D eigenvalue weighted by molar-refractivity contribution is 5.76. The zero-order valence-electron chi connectivity index (χ0n) is 10.4. The van der Waals surface area contributed by atoms with Gasteiger partial charge in [0.15, 0.2) is 0 Å². The lowest BCUT2D eigenvalue weighted by molar-refractivity contribution is -0.156. The number of rotatable bonds is 3. The van der Waals surface area contributed by atoms with Crippen LogP contribution in [0.2, 0.25) is 0 Å². The maximum absolute atomic E-state index is 11.6. The largest absolute Gasteiger partial charge is 0.459 e. The third-order valence-corrected chi connectivity index (χ3v) is 1.98. The zero-order valence-corrected chi connectivity index (χ0v) is 10.4. The van der Waals surface area contributed by atoms with E-state index in [-0.39, 0.29) is 0 Å². The summed E-state index contributed by atoms with van der Waals surface area (Å²) in [5.74, 6) is -0.429. The molecule has 0 spiro atoms. The van der Waals surface area contributed by atoms with Crippen molar-refractivity contribution >= 4 is 11.7 Å². The van der Waals surface area contributed by atoms with Gasteiger partial charge in [-0.15, -0.1) is 0 Å². The molecule has 0 fully saturated rings. The van der Waals surface area contributed by atoms with Crippen LogP contribution in [-0.2, 0) is 16.0 Å². The minimum atomic E-state index is -0.719. The fourth-order valence-electron chi connectivity index (χ4n) is 1.29. The molecule has 1 aromatic heterocycles. The van der Waals surface area contributed by atoms with Crippen molar-refractivity contribution in [2.45, 2.75) is 38.8 Å². The van der Waals surface area contributed by atoms with Crippen LogP contribution in [0.4, 0.5) is 5.69 Å². The molecular weight excluding hydrogens is 218 g/mol. The van der Waals surface area contributed by atoms with Crippen LogP contribution in [0.5, 0.6) is 0 Å². The summed E-state index contributed by atoms with van der Waals surface area (Å²) in [6.45, 7) is 5.41.